The zero-order valence-corrected chi connectivity index (χ0v) is 18.8. The van der Waals surface area contributed by atoms with Crippen molar-refractivity contribution in [3.8, 4) is 17.2 Å². The minimum Gasteiger partial charge on any atom is -0.508 e. The van der Waals surface area contributed by atoms with E-state index < -0.39 is 11.2 Å². The predicted octanol–water partition coefficient (Wildman–Crippen LogP) is 5.78. The van der Waals surface area contributed by atoms with Crippen LogP contribution in [0.5, 0.6) is 17.2 Å². The molecule has 0 atom stereocenters. The van der Waals surface area contributed by atoms with E-state index in [-0.39, 0.29) is 17.1 Å². The first-order chi connectivity index (χ1) is 14.0. The Morgan fingerprint density at radius 3 is 2.33 bits per heavy atom. The minimum absolute atomic E-state index is 0.0633. The van der Waals surface area contributed by atoms with E-state index in [0.29, 0.717) is 29.2 Å². The lowest BCUT2D eigenvalue weighted by Crippen LogP contribution is -2.49. The largest absolute Gasteiger partial charge is 0.508 e. The zero-order chi connectivity index (χ0) is 22.3. The first-order valence-electron chi connectivity index (χ1n) is 10.1. The number of aliphatic hydroxyl groups excluding tert-OH is 1. The summed E-state index contributed by atoms with van der Waals surface area (Å²) in [5, 5.41) is 10.9. The van der Waals surface area contributed by atoms with E-state index >= 15 is 0 Å². The Balaban J connectivity index is 2.13. The van der Waals surface area contributed by atoms with Gasteiger partial charge in [0.05, 0.1) is 12.7 Å². The number of carbonyl (C=O) groups is 1. The van der Waals surface area contributed by atoms with Crippen LogP contribution in [0.4, 0.5) is 0 Å². The monoisotopic (exact) mass is 410 g/mol. The number of carbonyl (C=O) groups excluding carboxylic acids is 1. The fourth-order valence-corrected chi connectivity index (χ4v) is 3.84. The number of rotatable bonds is 5. The molecule has 5 heteroatoms. The van der Waals surface area contributed by atoms with Gasteiger partial charge in [-0.2, -0.15) is 0 Å². The molecule has 0 unspecified atom stereocenters. The number of ketones is 1. The summed E-state index contributed by atoms with van der Waals surface area (Å²) in [5.41, 5.74) is 0.930. The van der Waals surface area contributed by atoms with Gasteiger partial charge < -0.3 is 19.3 Å². The highest BCUT2D eigenvalue weighted by Crippen LogP contribution is 2.42. The van der Waals surface area contributed by atoms with E-state index in [9.17, 15) is 9.90 Å². The molecule has 1 heterocycles. The highest BCUT2D eigenvalue weighted by molar-refractivity contribution is 6.26. The Morgan fingerprint density at radius 1 is 1.00 bits per heavy atom. The van der Waals surface area contributed by atoms with Gasteiger partial charge in [0.2, 0.25) is 0 Å². The molecular formula is C25H30O5. The molecule has 1 aliphatic heterocycles. The molecule has 0 saturated heterocycles. The van der Waals surface area contributed by atoms with Crippen LogP contribution in [0.25, 0.3) is 5.57 Å². The summed E-state index contributed by atoms with van der Waals surface area (Å²) in [6.07, 6.45) is 0.704. The maximum absolute atomic E-state index is 13.2. The highest BCUT2D eigenvalue weighted by Gasteiger charge is 2.47. The molecular weight excluding hydrogens is 380 g/mol. The number of aliphatic hydroxyl groups is 1. The van der Waals surface area contributed by atoms with Crippen LogP contribution < -0.4 is 9.47 Å². The molecule has 1 aliphatic rings. The second-order valence-electron chi connectivity index (χ2n) is 8.60. The molecule has 1 N–H and O–H groups in total. The average molecular weight is 411 g/mol. The standard InChI is InChI=1S/C25H30O5/c1-8-16-10-11-17(29-19-12-9-15(2)13-20(19)28-7)14-18(16)21-22(26)24(3,4)30-25(5,6)23(21)27/h9-14,26H,8H2,1-7H3. The normalized spacial score (nSPS) is 17.8. The Bertz CT molecular complexity index is 1010. The van der Waals surface area contributed by atoms with Crippen molar-refractivity contribution in [1.29, 1.82) is 0 Å². The van der Waals surface area contributed by atoms with Crippen molar-refractivity contribution >= 4 is 11.4 Å². The molecule has 3 rings (SSSR count). The molecule has 0 saturated carbocycles. The molecule has 0 fully saturated rings. The Hall–Kier alpha value is -2.79. The van der Waals surface area contributed by atoms with E-state index in [1.807, 2.05) is 44.2 Å². The number of ether oxygens (including phenoxy) is 3. The third kappa shape index (κ3) is 3.94. The second-order valence-corrected chi connectivity index (χ2v) is 8.60. The van der Waals surface area contributed by atoms with Gasteiger partial charge in [0.25, 0.3) is 0 Å². The van der Waals surface area contributed by atoms with Gasteiger partial charge in [-0.25, -0.2) is 0 Å². The van der Waals surface area contributed by atoms with Crippen molar-refractivity contribution < 1.29 is 24.1 Å². The van der Waals surface area contributed by atoms with E-state index in [1.165, 1.54) is 0 Å². The molecule has 5 nitrogen and oxygen atoms in total. The lowest BCUT2D eigenvalue weighted by atomic mass is 9.81. The van der Waals surface area contributed by atoms with Crippen molar-refractivity contribution in [2.45, 2.75) is 59.2 Å². The number of hydrogen-bond donors (Lipinski definition) is 1. The first-order valence-corrected chi connectivity index (χ1v) is 10.1. The van der Waals surface area contributed by atoms with Crippen LogP contribution >= 0.6 is 0 Å². The maximum atomic E-state index is 13.2. The minimum atomic E-state index is -1.05. The summed E-state index contributed by atoms with van der Waals surface area (Å²) in [4.78, 5) is 13.2. The van der Waals surface area contributed by atoms with Crippen molar-refractivity contribution in [2.24, 2.45) is 0 Å². The van der Waals surface area contributed by atoms with Gasteiger partial charge in [-0.15, -0.1) is 0 Å². The number of methoxy groups -OCH3 is 1. The molecule has 30 heavy (non-hydrogen) atoms. The lowest BCUT2D eigenvalue weighted by Gasteiger charge is -2.40. The zero-order valence-electron chi connectivity index (χ0n) is 18.8. The van der Waals surface area contributed by atoms with Crippen LogP contribution in [-0.2, 0) is 16.0 Å². The lowest BCUT2D eigenvalue weighted by molar-refractivity contribution is -0.158. The van der Waals surface area contributed by atoms with E-state index in [2.05, 4.69) is 0 Å². The Morgan fingerprint density at radius 2 is 1.70 bits per heavy atom. The summed E-state index contributed by atoms with van der Waals surface area (Å²) in [6, 6.07) is 11.3. The van der Waals surface area contributed by atoms with Crippen molar-refractivity contribution in [2.75, 3.05) is 7.11 Å². The van der Waals surface area contributed by atoms with Gasteiger partial charge in [-0.3, -0.25) is 4.79 Å². The highest BCUT2D eigenvalue weighted by atomic mass is 16.5. The molecule has 0 radical (unpaired) electrons. The van der Waals surface area contributed by atoms with Crippen LogP contribution in [-0.4, -0.2) is 29.2 Å². The van der Waals surface area contributed by atoms with Crippen LogP contribution in [0.1, 0.15) is 51.3 Å². The van der Waals surface area contributed by atoms with Gasteiger partial charge in [0.1, 0.15) is 22.7 Å². The van der Waals surface area contributed by atoms with Gasteiger partial charge in [0.15, 0.2) is 17.3 Å². The number of aryl methyl sites for hydroxylation is 2. The van der Waals surface area contributed by atoms with Crippen molar-refractivity contribution in [1.82, 2.24) is 0 Å². The second kappa shape index (κ2) is 7.80. The van der Waals surface area contributed by atoms with Crippen molar-refractivity contribution in [3.63, 3.8) is 0 Å². The fourth-order valence-electron chi connectivity index (χ4n) is 3.84. The van der Waals surface area contributed by atoms with Crippen LogP contribution in [0.15, 0.2) is 42.2 Å². The van der Waals surface area contributed by atoms with Crippen LogP contribution in [0, 0.1) is 6.92 Å². The van der Waals surface area contributed by atoms with Crippen LogP contribution in [0.2, 0.25) is 0 Å². The van der Waals surface area contributed by atoms with Crippen LogP contribution in [0.3, 0.4) is 0 Å². The van der Waals surface area contributed by atoms with Gasteiger partial charge in [-0.1, -0.05) is 19.1 Å². The fraction of sp³-hybridized carbons (Fsp3) is 0.400. The summed E-state index contributed by atoms with van der Waals surface area (Å²) in [7, 11) is 1.60. The molecule has 160 valence electrons. The van der Waals surface area contributed by atoms with Gasteiger partial charge in [-0.05, 0) is 82.0 Å². The summed E-state index contributed by atoms with van der Waals surface area (Å²) < 4.78 is 17.4. The predicted molar refractivity (Wildman–Crippen MR) is 117 cm³/mol. The van der Waals surface area contributed by atoms with E-state index in [0.717, 1.165) is 11.1 Å². The third-order valence-electron chi connectivity index (χ3n) is 5.37. The number of Topliss-reactive ketones (excluding diaryl/α,β-unsaturated/α-hetero) is 1. The SMILES string of the molecule is CCc1ccc(Oc2ccc(C)cc2OC)cc1C1=C(O)C(C)(C)OC(C)(C)C1=O. The summed E-state index contributed by atoms with van der Waals surface area (Å²) in [5.74, 6) is 1.45. The molecule has 2 aromatic rings. The van der Waals surface area contributed by atoms with E-state index in [1.54, 1.807) is 40.9 Å². The average Bonchev–Trinajstić information content (AvgIpc) is 2.68. The first kappa shape index (κ1) is 21.9. The molecule has 0 aliphatic carbocycles. The number of benzene rings is 2. The molecule has 0 aromatic heterocycles. The molecule has 0 bridgehead atoms. The Kier molecular flexibility index (Phi) is 5.70. The molecule has 2 aromatic carbocycles. The van der Waals surface area contributed by atoms with Gasteiger partial charge >= 0.3 is 0 Å². The number of hydrogen-bond acceptors (Lipinski definition) is 5. The molecule has 0 amide bonds. The summed E-state index contributed by atoms with van der Waals surface area (Å²) >= 11 is 0. The maximum Gasteiger partial charge on any atom is 0.198 e. The molecule has 0 spiro atoms. The smallest absolute Gasteiger partial charge is 0.198 e. The van der Waals surface area contributed by atoms with Gasteiger partial charge in [0, 0.05) is 0 Å². The van der Waals surface area contributed by atoms with E-state index in [4.69, 9.17) is 14.2 Å². The third-order valence-corrected chi connectivity index (χ3v) is 5.37. The van der Waals surface area contributed by atoms with Crippen molar-refractivity contribution in [3.05, 3.63) is 58.8 Å². The topological polar surface area (TPSA) is 65.0 Å². The Labute approximate surface area is 178 Å². The quantitative estimate of drug-likeness (QED) is 0.676. The summed E-state index contributed by atoms with van der Waals surface area (Å²) in [6.45, 7) is 11.0.